The molecule has 1 aliphatic rings. The summed E-state index contributed by atoms with van der Waals surface area (Å²) in [5.74, 6) is 1.40. The fourth-order valence-corrected chi connectivity index (χ4v) is 3.18. The first-order valence-corrected chi connectivity index (χ1v) is 8.11. The predicted octanol–water partition coefficient (Wildman–Crippen LogP) is 3.92. The first-order chi connectivity index (χ1) is 9.65. The second-order valence-corrected chi connectivity index (χ2v) is 6.85. The van der Waals surface area contributed by atoms with Crippen LogP contribution in [0.2, 0.25) is 0 Å². The topological polar surface area (TPSA) is 39.9 Å². The summed E-state index contributed by atoms with van der Waals surface area (Å²) >= 11 is 9.72. The molecule has 2 aromatic heterocycles. The van der Waals surface area contributed by atoms with Crippen molar-refractivity contribution in [3.8, 4) is 0 Å². The van der Waals surface area contributed by atoms with Crippen LogP contribution in [-0.4, -0.2) is 27.7 Å². The zero-order chi connectivity index (χ0) is 14.1. The SMILES string of the molecule is CC(Cl)c1nc2cc(Br)cnc2n1CC1CCCOC1. The van der Waals surface area contributed by atoms with Gasteiger partial charge in [-0.25, -0.2) is 9.97 Å². The molecule has 2 atom stereocenters. The second kappa shape index (κ2) is 6.00. The lowest BCUT2D eigenvalue weighted by Crippen LogP contribution is -2.23. The molecular formula is C14H17BrClN3O. The molecule has 4 nitrogen and oxygen atoms in total. The average molecular weight is 359 g/mol. The molecule has 0 saturated carbocycles. The van der Waals surface area contributed by atoms with E-state index in [9.17, 15) is 0 Å². The third kappa shape index (κ3) is 2.85. The van der Waals surface area contributed by atoms with Crippen LogP contribution in [0.1, 0.15) is 31.0 Å². The van der Waals surface area contributed by atoms with Gasteiger partial charge in [-0.15, -0.1) is 11.6 Å². The summed E-state index contributed by atoms with van der Waals surface area (Å²) in [6.45, 7) is 4.51. The van der Waals surface area contributed by atoms with E-state index in [1.165, 1.54) is 6.42 Å². The number of nitrogens with zero attached hydrogens (tertiary/aromatic N) is 3. The third-order valence-electron chi connectivity index (χ3n) is 3.63. The lowest BCUT2D eigenvalue weighted by Gasteiger charge is -2.23. The highest BCUT2D eigenvalue weighted by molar-refractivity contribution is 9.10. The van der Waals surface area contributed by atoms with Gasteiger partial charge in [0.1, 0.15) is 11.3 Å². The van der Waals surface area contributed by atoms with Gasteiger partial charge < -0.3 is 9.30 Å². The zero-order valence-corrected chi connectivity index (χ0v) is 13.7. The number of aromatic nitrogens is 3. The first kappa shape index (κ1) is 14.3. The highest BCUT2D eigenvalue weighted by atomic mass is 79.9. The highest BCUT2D eigenvalue weighted by Crippen LogP contribution is 2.27. The molecule has 6 heteroatoms. The molecule has 108 valence electrons. The lowest BCUT2D eigenvalue weighted by atomic mass is 10.0. The highest BCUT2D eigenvalue weighted by Gasteiger charge is 2.21. The summed E-state index contributed by atoms with van der Waals surface area (Å²) in [6.07, 6.45) is 4.12. The van der Waals surface area contributed by atoms with Crippen LogP contribution in [-0.2, 0) is 11.3 Å². The molecule has 1 saturated heterocycles. The maximum absolute atomic E-state index is 6.28. The smallest absolute Gasteiger partial charge is 0.160 e. The molecular weight excluding hydrogens is 342 g/mol. The molecule has 3 rings (SSSR count). The molecule has 2 unspecified atom stereocenters. The Morgan fingerprint density at radius 1 is 1.60 bits per heavy atom. The molecule has 2 aromatic rings. The molecule has 0 N–H and O–H groups in total. The van der Waals surface area contributed by atoms with E-state index in [2.05, 4.69) is 30.5 Å². The van der Waals surface area contributed by atoms with Crippen LogP contribution in [0.3, 0.4) is 0 Å². The fraction of sp³-hybridized carbons (Fsp3) is 0.571. The van der Waals surface area contributed by atoms with Gasteiger partial charge in [-0.1, -0.05) is 0 Å². The van der Waals surface area contributed by atoms with Crippen molar-refractivity contribution >= 4 is 38.7 Å². The van der Waals surface area contributed by atoms with Gasteiger partial charge in [-0.3, -0.25) is 0 Å². The number of fused-ring (bicyclic) bond motifs is 1. The number of imidazole rings is 1. The molecule has 3 heterocycles. The molecule has 0 radical (unpaired) electrons. The summed E-state index contributed by atoms with van der Waals surface area (Å²) in [6, 6.07) is 1.99. The molecule has 20 heavy (non-hydrogen) atoms. The summed E-state index contributed by atoms with van der Waals surface area (Å²) in [5, 5.41) is -0.132. The Balaban J connectivity index is 1.99. The minimum Gasteiger partial charge on any atom is -0.381 e. The van der Waals surface area contributed by atoms with Gasteiger partial charge in [0.15, 0.2) is 5.65 Å². The number of pyridine rings is 1. The summed E-state index contributed by atoms with van der Waals surface area (Å²) in [5.41, 5.74) is 1.79. The van der Waals surface area contributed by atoms with Crippen LogP contribution in [0.25, 0.3) is 11.2 Å². The van der Waals surface area contributed by atoms with E-state index in [-0.39, 0.29) is 5.38 Å². The van der Waals surface area contributed by atoms with Crippen LogP contribution >= 0.6 is 27.5 Å². The fourth-order valence-electron chi connectivity index (χ4n) is 2.70. The van der Waals surface area contributed by atoms with Gasteiger partial charge in [-0.05, 0) is 41.8 Å². The molecule has 1 fully saturated rings. The van der Waals surface area contributed by atoms with Crippen LogP contribution < -0.4 is 0 Å². The first-order valence-electron chi connectivity index (χ1n) is 6.88. The Kier molecular flexibility index (Phi) is 4.29. The quantitative estimate of drug-likeness (QED) is 0.781. The van der Waals surface area contributed by atoms with E-state index in [1.54, 1.807) is 6.20 Å². The van der Waals surface area contributed by atoms with Gasteiger partial charge in [0.25, 0.3) is 0 Å². The van der Waals surface area contributed by atoms with Crippen molar-refractivity contribution in [3.05, 3.63) is 22.6 Å². The van der Waals surface area contributed by atoms with E-state index in [0.717, 1.165) is 47.6 Å². The number of halogens is 2. The van der Waals surface area contributed by atoms with Crippen LogP contribution in [0.15, 0.2) is 16.7 Å². The van der Waals surface area contributed by atoms with Crippen molar-refractivity contribution in [2.45, 2.75) is 31.7 Å². The Bertz CT molecular complexity index is 608. The number of rotatable bonds is 3. The van der Waals surface area contributed by atoms with Crippen LogP contribution in [0.4, 0.5) is 0 Å². The molecule has 0 aliphatic carbocycles. The van der Waals surface area contributed by atoms with Crippen molar-refractivity contribution in [2.75, 3.05) is 13.2 Å². The molecule has 1 aliphatic heterocycles. The predicted molar refractivity (Wildman–Crippen MR) is 83.0 cm³/mol. The van der Waals surface area contributed by atoms with Gasteiger partial charge in [0.2, 0.25) is 0 Å². The Morgan fingerprint density at radius 2 is 2.45 bits per heavy atom. The minimum absolute atomic E-state index is 0.132. The van der Waals surface area contributed by atoms with Gasteiger partial charge >= 0.3 is 0 Å². The summed E-state index contributed by atoms with van der Waals surface area (Å²) in [7, 11) is 0. The molecule has 0 aromatic carbocycles. The summed E-state index contributed by atoms with van der Waals surface area (Å²) < 4.78 is 8.65. The van der Waals surface area contributed by atoms with Gasteiger partial charge in [0, 0.05) is 29.7 Å². The largest absolute Gasteiger partial charge is 0.381 e. The van der Waals surface area contributed by atoms with Crippen molar-refractivity contribution in [3.63, 3.8) is 0 Å². The summed E-state index contributed by atoms with van der Waals surface area (Å²) in [4.78, 5) is 9.14. The molecule has 0 amide bonds. The maximum Gasteiger partial charge on any atom is 0.160 e. The number of hydrogen-bond donors (Lipinski definition) is 0. The van der Waals surface area contributed by atoms with Crippen molar-refractivity contribution in [1.29, 1.82) is 0 Å². The van der Waals surface area contributed by atoms with Gasteiger partial charge in [-0.2, -0.15) is 0 Å². The monoisotopic (exact) mass is 357 g/mol. The van der Waals surface area contributed by atoms with Crippen LogP contribution in [0, 0.1) is 5.92 Å². The van der Waals surface area contributed by atoms with Crippen molar-refractivity contribution in [1.82, 2.24) is 14.5 Å². The maximum atomic E-state index is 6.28. The molecule has 0 bridgehead atoms. The van der Waals surface area contributed by atoms with E-state index in [1.807, 2.05) is 13.0 Å². The van der Waals surface area contributed by atoms with E-state index < -0.39 is 0 Å². The van der Waals surface area contributed by atoms with E-state index in [4.69, 9.17) is 16.3 Å². The van der Waals surface area contributed by atoms with Crippen LogP contribution in [0.5, 0.6) is 0 Å². The van der Waals surface area contributed by atoms with E-state index in [0.29, 0.717) is 5.92 Å². The minimum atomic E-state index is -0.132. The van der Waals surface area contributed by atoms with E-state index >= 15 is 0 Å². The number of ether oxygens (including phenoxy) is 1. The standard InChI is InChI=1S/C14H17BrClN3O/c1-9(16)13-18-12-5-11(15)6-17-14(12)19(13)7-10-3-2-4-20-8-10/h5-6,9-10H,2-4,7-8H2,1H3. The average Bonchev–Trinajstić information content (AvgIpc) is 2.78. The second-order valence-electron chi connectivity index (χ2n) is 5.28. The Morgan fingerprint density at radius 3 is 3.15 bits per heavy atom. The third-order valence-corrected chi connectivity index (χ3v) is 4.26. The van der Waals surface area contributed by atoms with Crippen molar-refractivity contribution < 1.29 is 4.74 Å². The Hall–Kier alpha value is -0.650. The number of hydrogen-bond acceptors (Lipinski definition) is 3. The zero-order valence-electron chi connectivity index (χ0n) is 11.4. The van der Waals surface area contributed by atoms with Gasteiger partial charge in [0.05, 0.1) is 12.0 Å². The normalized spacial score (nSPS) is 21.2. The molecule has 0 spiro atoms. The lowest BCUT2D eigenvalue weighted by molar-refractivity contribution is 0.0484. The Labute approximate surface area is 131 Å². The van der Waals surface area contributed by atoms with Crippen molar-refractivity contribution in [2.24, 2.45) is 5.92 Å². The number of alkyl halides is 1.